The summed E-state index contributed by atoms with van der Waals surface area (Å²) in [5.41, 5.74) is 2.94. The highest BCUT2D eigenvalue weighted by Crippen LogP contribution is 2.22. The highest BCUT2D eigenvalue weighted by Gasteiger charge is 2.22. The minimum atomic E-state index is 0.752. The molecule has 1 nitrogen and oxygen atoms in total. The molecule has 1 aromatic rings. The quantitative estimate of drug-likeness (QED) is 0.789. The Bertz CT molecular complexity index is 354. The third-order valence-corrected chi connectivity index (χ3v) is 4.08. The summed E-state index contributed by atoms with van der Waals surface area (Å²) in [6.07, 6.45) is 3.98. The van der Waals surface area contributed by atoms with Gasteiger partial charge in [0.1, 0.15) is 0 Å². The Kier molecular flexibility index (Phi) is 4.22. The highest BCUT2D eigenvalue weighted by atomic mass is 14.9. The van der Waals surface area contributed by atoms with E-state index in [-0.39, 0.29) is 0 Å². The van der Waals surface area contributed by atoms with Crippen molar-refractivity contribution in [2.24, 2.45) is 11.8 Å². The van der Waals surface area contributed by atoms with Gasteiger partial charge in [0, 0.05) is 6.04 Å². The van der Waals surface area contributed by atoms with Crippen LogP contribution >= 0.6 is 0 Å². The third-order valence-electron chi connectivity index (χ3n) is 4.08. The second-order valence-electron chi connectivity index (χ2n) is 5.77. The van der Waals surface area contributed by atoms with E-state index in [0.717, 1.165) is 17.9 Å². The molecule has 0 heterocycles. The molecule has 1 fully saturated rings. The van der Waals surface area contributed by atoms with Crippen LogP contribution in [-0.2, 0) is 6.42 Å². The molecule has 0 spiro atoms. The standard InChI is InChI=1S/C16H25N/c1-12-6-4-5-7-15(12)10-13(2)14(3)11-17-16-8-9-16/h4-7,13-14,16-17H,8-11H2,1-3H3. The number of aryl methyl sites for hydroxylation is 1. The van der Waals surface area contributed by atoms with Crippen molar-refractivity contribution < 1.29 is 0 Å². The molecule has 0 bridgehead atoms. The van der Waals surface area contributed by atoms with Gasteiger partial charge < -0.3 is 5.32 Å². The van der Waals surface area contributed by atoms with Crippen LogP contribution in [0.1, 0.15) is 37.8 Å². The Hall–Kier alpha value is -0.820. The molecule has 0 aromatic heterocycles. The monoisotopic (exact) mass is 231 g/mol. The van der Waals surface area contributed by atoms with Gasteiger partial charge in [-0.2, -0.15) is 0 Å². The van der Waals surface area contributed by atoms with Crippen LogP contribution in [0.3, 0.4) is 0 Å². The molecule has 0 aliphatic heterocycles. The fourth-order valence-corrected chi connectivity index (χ4v) is 2.23. The van der Waals surface area contributed by atoms with Crippen molar-refractivity contribution >= 4 is 0 Å². The Morgan fingerprint density at radius 1 is 1.18 bits per heavy atom. The van der Waals surface area contributed by atoms with E-state index in [0.29, 0.717) is 0 Å². The Labute approximate surface area is 106 Å². The lowest BCUT2D eigenvalue weighted by Crippen LogP contribution is -2.27. The van der Waals surface area contributed by atoms with Crippen molar-refractivity contribution in [3.8, 4) is 0 Å². The summed E-state index contributed by atoms with van der Waals surface area (Å²) >= 11 is 0. The Morgan fingerprint density at radius 3 is 2.53 bits per heavy atom. The molecule has 1 aliphatic rings. The molecule has 17 heavy (non-hydrogen) atoms. The van der Waals surface area contributed by atoms with E-state index < -0.39 is 0 Å². The molecule has 0 radical (unpaired) electrons. The fraction of sp³-hybridized carbons (Fsp3) is 0.625. The van der Waals surface area contributed by atoms with Crippen molar-refractivity contribution in [2.75, 3.05) is 6.54 Å². The van der Waals surface area contributed by atoms with Crippen LogP contribution in [0.5, 0.6) is 0 Å². The number of hydrogen-bond acceptors (Lipinski definition) is 1. The zero-order chi connectivity index (χ0) is 12.3. The lowest BCUT2D eigenvalue weighted by molar-refractivity contribution is 0.363. The molecule has 1 saturated carbocycles. The van der Waals surface area contributed by atoms with E-state index in [2.05, 4.69) is 50.4 Å². The zero-order valence-electron chi connectivity index (χ0n) is 11.4. The lowest BCUT2D eigenvalue weighted by atomic mass is 9.88. The summed E-state index contributed by atoms with van der Waals surface area (Å²) in [5.74, 6) is 1.51. The van der Waals surface area contributed by atoms with Gasteiger partial charge in [-0.3, -0.25) is 0 Å². The Morgan fingerprint density at radius 2 is 1.88 bits per heavy atom. The molecule has 1 N–H and O–H groups in total. The average Bonchev–Trinajstić information content (AvgIpc) is 3.13. The van der Waals surface area contributed by atoms with Crippen molar-refractivity contribution in [3.63, 3.8) is 0 Å². The number of hydrogen-bond donors (Lipinski definition) is 1. The van der Waals surface area contributed by atoms with Crippen LogP contribution in [0.25, 0.3) is 0 Å². The second kappa shape index (κ2) is 5.68. The maximum atomic E-state index is 3.64. The summed E-state index contributed by atoms with van der Waals surface area (Å²) in [7, 11) is 0. The smallest absolute Gasteiger partial charge is 0.00683 e. The van der Waals surface area contributed by atoms with Gasteiger partial charge in [-0.1, -0.05) is 38.1 Å². The van der Waals surface area contributed by atoms with Gasteiger partial charge in [-0.15, -0.1) is 0 Å². The van der Waals surface area contributed by atoms with Crippen LogP contribution in [-0.4, -0.2) is 12.6 Å². The van der Waals surface area contributed by atoms with Crippen molar-refractivity contribution in [2.45, 2.75) is 46.1 Å². The summed E-state index contributed by atoms with van der Waals surface area (Å²) < 4.78 is 0. The first-order chi connectivity index (χ1) is 8.16. The van der Waals surface area contributed by atoms with Gasteiger partial charge in [-0.25, -0.2) is 0 Å². The summed E-state index contributed by atoms with van der Waals surface area (Å²) in [6.45, 7) is 8.15. The predicted octanol–water partition coefficient (Wildman–Crippen LogP) is 3.56. The molecule has 1 heteroatoms. The molecule has 94 valence electrons. The van der Waals surface area contributed by atoms with E-state index in [4.69, 9.17) is 0 Å². The van der Waals surface area contributed by atoms with E-state index >= 15 is 0 Å². The highest BCUT2D eigenvalue weighted by molar-refractivity contribution is 5.25. The molecule has 1 aromatic carbocycles. The van der Waals surface area contributed by atoms with Crippen LogP contribution in [0.2, 0.25) is 0 Å². The van der Waals surface area contributed by atoms with Crippen LogP contribution < -0.4 is 5.32 Å². The minimum Gasteiger partial charge on any atom is -0.314 e. The summed E-state index contributed by atoms with van der Waals surface area (Å²) in [5, 5.41) is 3.64. The first-order valence-corrected chi connectivity index (χ1v) is 6.94. The maximum absolute atomic E-state index is 3.64. The van der Waals surface area contributed by atoms with Crippen LogP contribution in [0.15, 0.2) is 24.3 Å². The van der Waals surface area contributed by atoms with Gasteiger partial charge in [0.05, 0.1) is 0 Å². The van der Waals surface area contributed by atoms with E-state index in [1.54, 1.807) is 0 Å². The summed E-state index contributed by atoms with van der Waals surface area (Å²) in [4.78, 5) is 0. The molecule has 0 amide bonds. The normalized spacial score (nSPS) is 19.0. The molecule has 1 aliphatic carbocycles. The first-order valence-electron chi connectivity index (χ1n) is 6.94. The molecular formula is C16H25N. The molecular weight excluding hydrogens is 206 g/mol. The summed E-state index contributed by atoms with van der Waals surface area (Å²) in [6, 6.07) is 9.61. The number of nitrogens with one attached hydrogen (secondary N) is 1. The molecule has 2 rings (SSSR count). The minimum absolute atomic E-state index is 0.752. The van der Waals surface area contributed by atoms with Gasteiger partial charge in [-0.05, 0) is 55.7 Å². The van der Waals surface area contributed by atoms with E-state index in [1.807, 2.05) is 0 Å². The zero-order valence-corrected chi connectivity index (χ0v) is 11.4. The van der Waals surface area contributed by atoms with Crippen molar-refractivity contribution in [1.82, 2.24) is 5.32 Å². The topological polar surface area (TPSA) is 12.0 Å². The number of benzene rings is 1. The number of rotatable bonds is 6. The first kappa shape index (κ1) is 12.6. The van der Waals surface area contributed by atoms with Gasteiger partial charge in [0.25, 0.3) is 0 Å². The molecule has 0 saturated heterocycles. The molecule has 2 unspecified atom stereocenters. The molecule has 2 atom stereocenters. The third kappa shape index (κ3) is 3.85. The largest absolute Gasteiger partial charge is 0.314 e. The second-order valence-corrected chi connectivity index (χ2v) is 5.77. The van der Waals surface area contributed by atoms with E-state index in [1.165, 1.54) is 36.9 Å². The maximum Gasteiger partial charge on any atom is 0.00683 e. The van der Waals surface area contributed by atoms with Gasteiger partial charge >= 0.3 is 0 Å². The van der Waals surface area contributed by atoms with Gasteiger partial charge in [0.15, 0.2) is 0 Å². The fourth-order valence-electron chi connectivity index (χ4n) is 2.23. The van der Waals surface area contributed by atoms with Crippen molar-refractivity contribution in [3.05, 3.63) is 35.4 Å². The van der Waals surface area contributed by atoms with Crippen molar-refractivity contribution in [1.29, 1.82) is 0 Å². The predicted molar refractivity (Wildman–Crippen MR) is 74.2 cm³/mol. The van der Waals surface area contributed by atoms with Crippen LogP contribution in [0, 0.1) is 18.8 Å². The van der Waals surface area contributed by atoms with E-state index in [9.17, 15) is 0 Å². The Balaban J connectivity index is 1.82. The lowest BCUT2D eigenvalue weighted by Gasteiger charge is -2.21. The van der Waals surface area contributed by atoms with Crippen LogP contribution in [0.4, 0.5) is 0 Å². The van der Waals surface area contributed by atoms with Gasteiger partial charge in [0.2, 0.25) is 0 Å². The SMILES string of the molecule is Cc1ccccc1CC(C)C(C)CNC1CC1. The average molecular weight is 231 g/mol.